The summed E-state index contributed by atoms with van der Waals surface area (Å²) in [5.74, 6) is -0.278. The third kappa shape index (κ3) is 0.907. The van der Waals surface area contributed by atoms with Crippen molar-refractivity contribution in [2.45, 2.75) is 0 Å². The molecule has 3 rings (SSSR count). The van der Waals surface area contributed by atoms with E-state index in [2.05, 4.69) is 15.0 Å². The van der Waals surface area contributed by atoms with Gasteiger partial charge in [-0.3, -0.25) is 4.98 Å². The van der Waals surface area contributed by atoms with E-state index in [9.17, 15) is 4.39 Å². The number of hydrogen-bond acceptors (Lipinski definition) is 2. The van der Waals surface area contributed by atoms with Crippen LogP contribution >= 0.6 is 0 Å². The number of hydrogen-bond donors (Lipinski definition) is 1. The van der Waals surface area contributed by atoms with Gasteiger partial charge in [0, 0.05) is 11.5 Å². The summed E-state index contributed by atoms with van der Waals surface area (Å²) in [6.07, 6.45) is 3.26. The van der Waals surface area contributed by atoms with E-state index in [-0.39, 0.29) is 5.82 Å². The molecule has 0 aliphatic carbocycles. The maximum atomic E-state index is 12.9. The molecule has 0 saturated carbocycles. The third-order valence-electron chi connectivity index (χ3n) is 2.22. The number of rotatable bonds is 0. The molecule has 3 nitrogen and oxygen atoms in total. The van der Waals surface area contributed by atoms with Crippen LogP contribution in [0.15, 0.2) is 30.7 Å². The smallest absolute Gasteiger partial charge is 0.125 e. The monoisotopic (exact) mass is 187 g/mol. The molecule has 0 unspecified atom stereocenters. The molecule has 0 fully saturated rings. The maximum absolute atomic E-state index is 12.9. The topological polar surface area (TPSA) is 41.6 Å². The first-order valence-electron chi connectivity index (χ1n) is 4.22. The number of aromatic nitrogens is 3. The molecule has 0 bridgehead atoms. The summed E-state index contributed by atoms with van der Waals surface area (Å²) in [5.41, 5.74) is 2.32. The molecule has 0 aliphatic rings. The highest BCUT2D eigenvalue weighted by molar-refractivity contribution is 6.01. The molecular formula is C10H6FN3. The summed E-state index contributed by atoms with van der Waals surface area (Å²) < 4.78 is 12.9. The van der Waals surface area contributed by atoms with Crippen LogP contribution in [0.25, 0.3) is 21.9 Å². The van der Waals surface area contributed by atoms with Crippen molar-refractivity contribution in [1.29, 1.82) is 0 Å². The molecule has 0 amide bonds. The van der Waals surface area contributed by atoms with Crippen LogP contribution in [0.5, 0.6) is 0 Å². The number of benzene rings is 1. The average Bonchev–Trinajstić information content (AvgIpc) is 2.65. The summed E-state index contributed by atoms with van der Waals surface area (Å²) in [6.45, 7) is 0. The van der Waals surface area contributed by atoms with E-state index in [4.69, 9.17) is 0 Å². The fourth-order valence-electron chi connectivity index (χ4n) is 1.56. The lowest BCUT2D eigenvalue weighted by Crippen LogP contribution is -1.82. The lowest BCUT2D eigenvalue weighted by Gasteiger charge is -1.97. The van der Waals surface area contributed by atoms with Gasteiger partial charge in [0.15, 0.2) is 0 Å². The predicted molar refractivity (Wildman–Crippen MR) is 51.4 cm³/mol. The Hall–Kier alpha value is -1.97. The molecule has 14 heavy (non-hydrogen) atoms. The van der Waals surface area contributed by atoms with Crippen LogP contribution in [0.1, 0.15) is 0 Å². The van der Waals surface area contributed by atoms with E-state index < -0.39 is 0 Å². The number of fused-ring (bicyclic) bond motifs is 3. The number of nitrogens with one attached hydrogen (secondary N) is 1. The van der Waals surface area contributed by atoms with Crippen molar-refractivity contribution in [3.8, 4) is 0 Å². The first-order valence-corrected chi connectivity index (χ1v) is 4.22. The van der Waals surface area contributed by atoms with Crippen molar-refractivity contribution in [3.63, 3.8) is 0 Å². The van der Waals surface area contributed by atoms with Gasteiger partial charge in [0.2, 0.25) is 0 Å². The van der Waals surface area contributed by atoms with Crippen LogP contribution in [0, 0.1) is 5.82 Å². The van der Waals surface area contributed by atoms with Crippen molar-refractivity contribution in [1.82, 2.24) is 15.0 Å². The van der Waals surface area contributed by atoms with Crippen LogP contribution in [-0.2, 0) is 0 Å². The molecular weight excluding hydrogens is 181 g/mol. The zero-order valence-electron chi connectivity index (χ0n) is 7.16. The van der Waals surface area contributed by atoms with Gasteiger partial charge in [-0.2, -0.15) is 0 Å². The van der Waals surface area contributed by atoms with Crippen molar-refractivity contribution >= 4 is 21.9 Å². The van der Waals surface area contributed by atoms with Crippen LogP contribution in [0.4, 0.5) is 4.39 Å². The van der Waals surface area contributed by atoms with E-state index in [1.54, 1.807) is 18.6 Å². The number of imidazole rings is 1. The van der Waals surface area contributed by atoms with Gasteiger partial charge in [0.1, 0.15) is 5.82 Å². The van der Waals surface area contributed by atoms with E-state index >= 15 is 0 Å². The largest absolute Gasteiger partial charge is 0.343 e. The first kappa shape index (κ1) is 7.44. The molecule has 3 aromatic rings. The van der Waals surface area contributed by atoms with Crippen LogP contribution in [0.3, 0.4) is 0 Å². The number of aromatic amines is 1. The Morgan fingerprint density at radius 1 is 1.21 bits per heavy atom. The summed E-state index contributed by atoms with van der Waals surface area (Å²) in [6, 6.07) is 4.52. The second-order valence-corrected chi connectivity index (χ2v) is 3.08. The number of nitrogens with zero attached hydrogens (tertiary/aromatic N) is 2. The summed E-state index contributed by atoms with van der Waals surface area (Å²) in [7, 11) is 0. The minimum absolute atomic E-state index is 0.278. The third-order valence-corrected chi connectivity index (χ3v) is 2.22. The maximum Gasteiger partial charge on any atom is 0.125 e. The second kappa shape index (κ2) is 2.51. The molecule has 4 heteroatoms. The molecule has 0 atom stereocenters. The Bertz CT molecular complexity index is 615. The SMILES string of the molecule is Fc1ccc2c(c1)ncc1[nH]cnc12. The van der Waals surface area contributed by atoms with Crippen molar-refractivity contribution in [2.24, 2.45) is 0 Å². The molecule has 0 aliphatic heterocycles. The molecule has 2 heterocycles. The number of H-pyrrole nitrogens is 1. The van der Waals surface area contributed by atoms with E-state index in [1.807, 2.05) is 0 Å². The fraction of sp³-hybridized carbons (Fsp3) is 0. The van der Waals surface area contributed by atoms with Gasteiger partial charge in [-0.05, 0) is 12.1 Å². The Morgan fingerprint density at radius 3 is 3.07 bits per heavy atom. The summed E-state index contributed by atoms with van der Waals surface area (Å²) in [5, 5.41) is 0.866. The molecule has 68 valence electrons. The van der Waals surface area contributed by atoms with Gasteiger partial charge < -0.3 is 4.98 Å². The van der Waals surface area contributed by atoms with Crippen LogP contribution in [-0.4, -0.2) is 15.0 Å². The lowest BCUT2D eigenvalue weighted by molar-refractivity contribution is 0.629. The van der Waals surface area contributed by atoms with Crippen LogP contribution < -0.4 is 0 Å². The Morgan fingerprint density at radius 2 is 2.14 bits per heavy atom. The van der Waals surface area contributed by atoms with Crippen molar-refractivity contribution in [3.05, 3.63) is 36.5 Å². The highest BCUT2D eigenvalue weighted by atomic mass is 19.1. The summed E-state index contributed by atoms with van der Waals surface area (Å²) in [4.78, 5) is 11.2. The molecule has 0 radical (unpaired) electrons. The second-order valence-electron chi connectivity index (χ2n) is 3.08. The van der Waals surface area contributed by atoms with Crippen molar-refractivity contribution < 1.29 is 4.39 Å². The highest BCUT2D eigenvalue weighted by Crippen LogP contribution is 2.20. The van der Waals surface area contributed by atoms with E-state index in [0.717, 1.165) is 16.4 Å². The Kier molecular flexibility index (Phi) is 1.33. The average molecular weight is 187 g/mol. The first-order chi connectivity index (χ1) is 6.84. The number of halogens is 1. The van der Waals surface area contributed by atoms with Gasteiger partial charge in [-0.1, -0.05) is 0 Å². The molecule has 1 aromatic carbocycles. The zero-order valence-corrected chi connectivity index (χ0v) is 7.16. The Balaban J connectivity index is 2.57. The standard InChI is InChI=1S/C10H6FN3/c11-6-1-2-7-8(3-6)12-4-9-10(7)14-5-13-9/h1-5H,(H,13,14). The predicted octanol–water partition coefficient (Wildman–Crippen LogP) is 2.25. The number of pyridine rings is 1. The molecule has 2 aromatic heterocycles. The zero-order chi connectivity index (χ0) is 9.54. The van der Waals surface area contributed by atoms with Crippen molar-refractivity contribution in [2.75, 3.05) is 0 Å². The molecule has 0 saturated heterocycles. The van der Waals surface area contributed by atoms with Gasteiger partial charge in [-0.15, -0.1) is 0 Å². The fourth-order valence-corrected chi connectivity index (χ4v) is 1.56. The van der Waals surface area contributed by atoms with Gasteiger partial charge in [-0.25, -0.2) is 9.37 Å². The Labute approximate surface area is 78.6 Å². The van der Waals surface area contributed by atoms with Gasteiger partial charge in [0.25, 0.3) is 0 Å². The van der Waals surface area contributed by atoms with Gasteiger partial charge in [0.05, 0.1) is 29.1 Å². The highest BCUT2D eigenvalue weighted by Gasteiger charge is 2.03. The molecule has 1 N–H and O–H groups in total. The quantitative estimate of drug-likeness (QED) is 0.586. The summed E-state index contributed by atoms with van der Waals surface area (Å²) >= 11 is 0. The minimum atomic E-state index is -0.278. The van der Waals surface area contributed by atoms with Gasteiger partial charge >= 0.3 is 0 Å². The van der Waals surface area contributed by atoms with E-state index in [0.29, 0.717) is 5.52 Å². The van der Waals surface area contributed by atoms with Crippen LogP contribution in [0.2, 0.25) is 0 Å². The lowest BCUT2D eigenvalue weighted by atomic mass is 10.2. The minimum Gasteiger partial charge on any atom is -0.343 e. The molecule has 0 spiro atoms. The van der Waals surface area contributed by atoms with E-state index in [1.165, 1.54) is 12.1 Å². The normalized spacial score (nSPS) is 11.2.